The molecule has 0 aromatic heterocycles. The fourth-order valence-corrected chi connectivity index (χ4v) is 3.48. The number of carbonyl (C=O) groups is 2. The summed E-state index contributed by atoms with van der Waals surface area (Å²) in [6.07, 6.45) is 0.0930. The van der Waals surface area contributed by atoms with Crippen LogP contribution >= 0.6 is 27.5 Å². The molecule has 27 heavy (non-hydrogen) atoms. The van der Waals surface area contributed by atoms with Crippen molar-refractivity contribution in [2.75, 3.05) is 19.8 Å². The standard InChI is InChI=1S/C19H28BrClN2O4/c1-5-27-17(25)8-9-22-18(26)23-19(4,14(11-24)12(2)3)13-6-7-15(20)16(21)10-13/h6-7,10,12,14,24H,5,8-9,11H2,1-4H3,(H2,22,23,26). The van der Waals surface area contributed by atoms with Crippen LogP contribution in [0.5, 0.6) is 0 Å². The van der Waals surface area contributed by atoms with Gasteiger partial charge in [0.2, 0.25) is 0 Å². The molecule has 6 nitrogen and oxygen atoms in total. The lowest BCUT2D eigenvalue weighted by molar-refractivity contribution is -0.142. The predicted molar refractivity (Wildman–Crippen MR) is 110 cm³/mol. The van der Waals surface area contributed by atoms with Crippen LogP contribution < -0.4 is 10.6 Å². The first kappa shape index (κ1) is 23.7. The summed E-state index contributed by atoms with van der Waals surface area (Å²) < 4.78 is 5.59. The zero-order valence-corrected chi connectivity index (χ0v) is 18.5. The molecular formula is C19H28BrClN2O4. The molecule has 1 aromatic carbocycles. The summed E-state index contributed by atoms with van der Waals surface area (Å²) in [5, 5.41) is 16.1. The number of urea groups is 1. The second-order valence-corrected chi connectivity index (χ2v) is 8.06. The maximum Gasteiger partial charge on any atom is 0.315 e. The Kier molecular flexibility index (Phi) is 9.56. The van der Waals surface area contributed by atoms with Crippen LogP contribution in [0.25, 0.3) is 0 Å². The normalized spacial score (nSPS) is 14.4. The van der Waals surface area contributed by atoms with Gasteiger partial charge in [0.15, 0.2) is 0 Å². The van der Waals surface area contributed by atoms with Gasteiger partial charge in [0.1, 0.15) is 0 Å². The summed E-state index contributed by atoms with van der Waals surface area (Å²) in [7, 11) is 0. The van der Waals surface area contributed by atoms with Crippen LogP contribution in [0.1, 0.15) is 39.7 Å². The number of amides is 2. The Morgan fingerprint density at radius 2 is 2.04 bits per heavy atom. The third kappa shape index (κ3) is 6.66. The Balaban J connectivity index is 3.00. The summed E-state index contributed by atoms with van der Waals surface area (Å²) in [5.74, 6) is -0.511. The number of esters is 1. The molecule has 0 bridgehead atoms. The number of hydrogen-bond acceptors (Lipinski definition) is 4. The van der Waals surface area contributed by atoms with Gasteiger partial charge in [-0.1, -0.05) is 31.5 Å². The van der Waals surface area contributed by atoms with Crippen molar-refractivity contribution in [1.82, 2.24) is 10.6 Å². The number of carbonyl (C=O) groups excluding carboxylic acids is 2. The third-order valence-electron chi connectivity index (χ3n) is 4.56. The molecule has 0 fully saturated rings. The lowest BCUT2D eigenvalue weighted by Crippen LogP contribution is -2.54. The van der Waals surface area contributed by atoms with Gasteiger partial charge in [-0.25, -0.2) is 4.79 Å². The van der Waals surface area contributed by atoms with E-state index >= 15 is 0 Å². The molecule has 0 aliphatic carbocycles. The number of nitrogens with one attached hydrogen (secondary N) is 2. The maximum atomic E-state index is 12.5. The first-order valence-electron chi connectivity index (χ1n) is 8.93. The Hall–Kier alpha value is -1.31. The van der Waals surface area contributed by atoms with Crippen LogP contribution in [0.4, 0.5) is 4.79 Å². The molecule has 0 saturated carbocycles. The molecule has 2 atom stereocenters. The minimum absolute atomic E-state index is 0.0930. The average molecular weight is 464 g/mol. The number of aliphatic hydroxyl groups is 1. The highest BCUT2D eigenvalue weighted by Crippen LogP contribution is 2.37. The maximum absolute atomic E-state index is 12.5. The summed E-state index contributed by atoms with van der Waals surface area (Å²) in [4.78, 5) is 23.9. The monoisotopic (exact) mass is 462 g/mol. The van der Waals surface area contributed by atoms with Crippen molar-refractivity contribution in [2.45, 2.75) is 39.7 Å². The van der Waals surface area contributed by atoms with Crippen LogP contribution in [0.15, 0.2) is 22.7 Å². The van der Waals surface area contributed by atoms with E-state index in [4.69, 9.17) is 16.3 Å². The van der Waals surface area contributed by atoms with Crippen LogP contribution in [0.2, 0.25) is 5.02 Å². The van der Waals surface area contributed by atoms with Crippen molar-refractivity contribution in [1.29, 1.82) is 0 Å². The number of hydrogen-bond donors (Lipinski definition) is 3. The van der Waals surface area contributed by atoms with E-state index in [0.29, 0.717) is 11.6 Å². The first-order chi connectivity index (χ1) is 12.7. The molecule has 152 valence electrons. The van der Waals surface area contributed by atoms with E-state index in [0.717, 1.165) is 10.0 Å². The zero-order chi connectivity index (χ0) is 20.6. The SMILES string of the molecule is CCOC(=O)CCNC(=O)NC(C)(c1ccc(Br)c(Cl)c1)C(CO)C(C)C. The van der Waals surface area contributed by atoms with Crippen LogP contribution in [0, 0.1) is 11.8 Å². The minimum atomic E-state index is -0.860. The summed E-state index contributed by atoms with van der Waals surface area (Å²) in [6, 6.07) is 5.01. The van der Waals surface area contributed by atoms with Crippen molar-refractivity contribution in [3.8, 4) is 0 Å². The second kappa shape index (κ2) is 10.9. The Morgan fingerprint density at radius 3 is 2.56 bits per heavy atom. The van der Waals surface area contributed by atoms with Gasteiger partial charge in [-0.05, 0) is 53.4 Å². The third-order valence-corrected chi connectivity index (χ3v) is 5.79. The molecule has 8 heteroatoms. The Morgan fingerprint density at radius 1 is 1.37 bits per heavy atom. The summed E-state index contributed by atoms with van der Waals surface area (Å²) in [5.41, 5.74) is -0.0784. The van der Waals surface area contributed by atoms with E-state index in [1.807, 2.05) is 32.9 Å². The van der Waals surface area contributed by atoms with E-state index in [9.17, 15) is 14.7 Å². The van der Waals surface area contributed by atoms with Crippen molar-refractivity contribution < 1.29 is 19.4 Å². The van der Waals surface area contributed by atoms with Crippen molar-refractivity contribution in [3.05, 3.63) is 33.3 Å². The number of rotatable bonds is 9. The van der Waals surface area contributed by atoms with Gasteiger partial charge in [-0.3, -0.25) is 4.79 Å². The predicted octanol–water partition coefficient (Wildman–Crippen LogP) is 3.83. The van der Waals surface area contributed by atoms with E-state index in [1.165, 1.54) is 0 Å². The van der Waals surface area contributed by atoms with E-state index in [-0.39, 0.29) is 37.4 Å². The fraction of sp³-hybridized carbons (Fsp3) is 0.579. The Labute approximate surface area is 174 Å². The topological polar surface area (TPSA) is 87.7 Å². The molecule has 0 saturated heterocycles. The smallest absolute Gasteiger partial charge is 0.315 e. The van der Waals surface area contributed by atoms with E-state index in [2.05, 4.69) is 26.6 Å². The van der Waals surface area contributed by atoms with Gasteiger partial charge in [0.05, 0.1) is 23.6 Å². The summed E-state index contributed by atoms with van der Waals surface area (Å²) >= 11 is 9.61. The van der Waals surface area contributed by atoms with Gasteiger partial charge in [0, 0.05) is 23.5 Å². The van der Waals surface area contributed by atoms with Gasteiger partial charge < -0.3 is 20.5 Å². The molecule has 0 heterocycles. The van der Waals surface area contributed by atoms with Crippen molar-refractivity contribution in [2.24, 2.45) is 11.8 Å². The number of halogens is 2. The van der Waals surface area contributed by atoms with Crippen molar-refractivity contribution in [3.63, 3.8) is 0 Å². The number of ether oxygens (including phenoxy) is 1. The molecule has 3 N–H and O–H groups in total. The molecule has 1 aromatic rings. The highest BCUT2D eigenvalue weighted by molar-refractivity contribution is 9.10. The van der Waals surface area contributed by atoms with Crippen molar-refractivity contribution >= 4 is 39.5 Å². The largest absolute Gasteiger partial charge is 0.466 e. The molecule has 0 aliphatic rings. The van der Waals surface area contributed by atoms with E-state index in [1.54, 1.807) is 13.0 Å². The molecule has 0 aliphatic heterocycles. The van der Waals surface area contributed by atoms with E-state index < -0.39 is 11.6 Å². The lowest BCUT2D eigenvalue weighted by atomic mass is 9.74. The number of aliphatic hydroxyl groups excluding tert-OH is 1. The van der Waals surface area contributed by atoms with Gasteiger partial charge >= 0.3 is 12.0 Å². The van der Waals surface area contributed by atoms with Crippen LogP contribution in [-0.4, -0.2) is 36.9 Å². The highest BCUT2D eigenvalue weighted by atomic mass is 79.9. The van der Waals surface area contributed by atoms with Gasteiger partial charge in [-0.2, -0.15) is 0 Å². The van der Waals surface area contributed by atoms with Gasteiger partial charge in [0.25, 0.3) is 0 Å². The zero-order valence-electron chi connectivity index (χ0n) is 16.1. The fourth-order valence-electron chi connectivity index (χ4n) is 3.05. The Bertz CT molecular complexity index is 657. The second-order valence-electron chi connectivity index (χ2n) is 6.80. The molecule has 1 rings (SSSR count). The molecular weight excluding hydrogens is 436 g/mol. The van der Waals surface area contributed by atoms with Crippen LogP contribution in [0.3, 0.4) is 0 Å². The van der Waals surface area contributed by atoms with Gasteiger partial charge in [-0.15, -0.1) is 0 Å². The summed E-state index contributed by atoms with van der Waals surface area (Å²) in [6.45, 7) is 7.92. The quantitative estimate of drug-likeness (QED) is 0.486. The average Bonchev–Trinajstić information content (AvgIpc) is 2.57. The minimum Gasteiger partial charge on any atom is -0.466 e. The number of benzene rings is 1. The first-order valence-corrected chi connectivity index (χ1v) is 10.1. The molecule has 0 radical (unpaired) electrons. The highest BCUT2D eigenvalue weighted by Gasteiger charge is 2.39. The molecule has 2 unspecified atom stereocenters. The molecule has 0 spiro atoms. The lowest BCUT2D eigenvalue weighted by Gasteiger charge is -2.40. The molecule has 2 amide bonds. The van der Waals surface area contributed by atoms with Crippen LogP contribution in [-0.2, 0) is 15.1 Å².